The minimum absolute atomic E-state index is 0.160. The predicted molar refractivity (Wildman–Crippen MR) is 126 cm³/mol. The summed E-state index contributed by atoms with van der Waals surface area (Å²) in [6, 6.07) is 9.40. The zero-order valence-corrected chi connectivity index (χ0v) is 18.5. The summed E-state index contributed by atoms with van der Waals surface area (Å²) in [6.45, 7) is 0.534. The van der Waals surface area contributed by atoms with Crippen LogP contribution in [0.15, 0.2) is 65.4 Å². The summed E-state index contributed by atoms with van der Waals surface area (Å²) < 4.78 is 42.2. The number of nitrogens with zero attached hydrogens (tertiary/aromatic N) is 3. The van der Waals surface area contributed by atoms with E-state index in [1.165, 1.54) is 30.8 Å². The summed E-state index contributed by atoms with van der Waals surface area (Å²) in [5.74, 6) is 0.629. The quantitative estimate of drug-likeness (QED) is 0.328. The third-order valence-electron chi connectivity index (χ3n) is 6.54. The minimum Gasteiger partial charge on any atom is -0.496 e. The molecule has 5 nitrogen and oxygen atoms in total. The van der Waals surface area contributed by atoms with E-state index >= 15 is 4.39 Å². The molecule has 0 N–H and O–H groups in total. The number of hydrogen-bond acceptors (Lipinski definition) is 4. The van der Waals surface area contributed by atoms with Crippen LogP contribution in [0.2, 0.25) is 0 Å². The van der Waals surface area contributed by atoms with Crippen molar-refractivity contribution in [2.45, 2.75) is 38.1 Å². The molecule has 0 spiro atoms. The van der Waals surface area contributed by atoms with Gasteiger partial charge < -0.3 is 13.7 Å². The van der Waals surface area contributed by atoms with Crippen molar-refractivity contribution >= 4 is 16.6 Å². The van der Waals surface area contributed by atoms with Crippen LogP contribution in [0.5, 0.6) is 0 Å². The SMILES string of the molecule is Fc1ccc(-c2cnc(-c3cc4nc(C5=COCC=C5)n(C5CCCCC5)c4cc3F)o2)cc1. The molecule has 1 fully saturated rings. The number of rotatable bonds is 4. The normalized spacial score (nSPS) is 16.6. The van der Waals surface area contributed by atoms with Crippen LogP contribution in [0.1, 0.15) is 44.0 Å². The van der Waals surface area contributed by atoms with E-state index in [0.717, 1.165) is 42.6 Å². The van der Waals surface area contributed by atoms with Crippen molar-refractivity contribution < 1.29 is 17.9 Å². The molecule has 2 aromatic carbocycles. The number of allylic oxidation sites excluding steroid dienone is 2. The minimum atomic E-state index is -0.423. The molecule has 1 aliphatic heterocycles. The van der Waals surface area contributed by atoms with Crippen molar-refractivity contribution in [3.63, 3.8) is 0 Å². The van der Waals surface area contributed by atoms with Gasteiger partial charge in [-0.1, -0.05) is 19.3 Å². The first-order valence-electron chi connectivity index (χ1n) is 11.6. The molecular formula is C27H23F2N3O2. The van der Waals surface area contributed by atoms with E-state index in [1.807, 2.05) is 12.2 Å². The van der Waals surface area contributed by atoms with Crippen LogP contribution in [0, 0.1) is 11.6 Å². The Kier molecular flexibility index (Phi) is 5.24. The molecule has 0 saturated heterocycles. The summed E-state index contributed by atoms with van der Waals surface area (Å²) in [5, 5.41) is 0. The number of halogens is 2. The van der Waals surface area contributed by atoms with E-state index in [0.29, 0.717) is 23.4 Å². The molecule has 2 aliphatic rings. The lowest BCUT2D eigenvalue weighted by molar-refractivity contribution is 0.287. The van der Waals surface area contributed by atoms with Gasteiger partial charge in [0.05, 0.1) is 34.6 Å². The Balaban J connectivity index is 1.45. The zero-order valence-electron chi connectivity index (χ0n) is 18.5. The zero-order chi connectivity index (χ0) is 23.1. The average molecular weight is 459 g/mol. The van der Waals surface area contributed by atoms with E-state index in [4.69, 9.17) is 14.1 Å². The van der Waals surface area contributed by atoms with E-state index < -0.39 is 5.82 Å². The maximum atomic E-state index is 15.4. The van der Waals surface area contributed by atoms with Crippen molar-refractivity contribution in [1.29, 1.82) is 0 Å². The molecule has 0 bridgehead atoms. The summed E-state index contributed by atoms with van der Waals surface area (Å²) in [7, 11) is 0. The van der Waals surface area contributed by atoms with Gasteiger partial charge in [0.2, 0.25) is 5.89 Å². The van der Waals surface area contributed by atoms with E-state index in [9.17, 15) is 4.39 Å². The summed E-state index contributed by atoms with van der Waals surface area (Å²) in [6.07, 6.45) is 12.8. The molecule has 1 saturated carbocycles. The first kappa shape index (κ1) is 20.8. The lowest BCUT2D eigenvalue weighted by Gasteiger charge is -2.26. The fraction of sp³-hybridized carbons (Fsp3) is 0.259. The van der Waals surface area contributed by atoms with Crippen molar-refractivity contribution in [1.82, 2.24) is 14.5 Å². The highest BCUT2D eigenvalue weighted by Gasteiger charge is 2.25. The first-order chi connectivity index (χ1) is 16.7. The van der Waals surface area contributed by atoms with E-state index in [2.05, 4.69) is 9.55 Å². The predicted octanol–water partition coefficient (Wildman–Crippen LogP) is 7.07. The van der Waals surface area contributed by atoms with Gasteiger partial charge in [0.25, 0.3) is 0 Å². The van der Waals surface area contributed by atoms with Gasteiger partial charge in [-0.05, 0) is 55.3 Å². The van der Waals surface area contributed by atoms with Gasteiger partial charge in [0.1, 0.15) is 24.1 Å². The molecule has 6 rings (SSSR count). The average Bonchev–Trinajstić information content (AvgIpc) is 3.50. The van der Waals surface area contributed by atoms with Crippen LogP contribution in [-0.4, -0.2) is 21.1 Å². The van der Waals surface area contributed by atoms with Gasteiger partial charge in [-0.25, -0.2) is 18.7 Å². The van der Waals surface area contributed by atoms with Gasteiger partial charge in [-0.2, -0.15) is 0 Å². The highest BCUT2D eigenvalue weighted by atomic mass is 19.1. The number of benzene rings is 2. The Labute approximate surface area is 195 Å². The second-order valence-corrected chi connectivity index (χ2v) is 8.76. The Morgan fingerprint density at radius 2 is 1.82 bits per heavy atom. The highest BCUT2D eigenvalue weighted by molar-refractivity contribution is 5.85. The number of imidazole rings is 1. The molecule has 172 valence electrons. The third kappa shape index (κ3) is 3.71. The molecule has 4 aromatic rings. The number of fused-ring (bicyclic) bond motifs is 1. The molecule has 2 aromatic heterocycles. The molecule has 0 unspecified atom stereocenters. The van der Waals surface area contributed by atoms with Crippen molar-refractivity contribution in [3.8, 4) is 22.8 Å². The Hall–Kier alpha value is -3.74. The maximum absolute atomic E-state index is 15.4. The second-order valence-electron chi connectivity index (χ2n) is 8.76. The molecule has 0 atom stereocenters. The standard InChI is InChI=1S/C27H23F2N3O2/c28-19-10-8-17(9-11-19)25-15-30-27(34-25)21-13-23-24(14-22(21)29)32(20-6-2-1-3-7-20)26(31-23)18-5-4-12-33-16-18/h4-5,8-11,13-16,20H,1-3,6-7,12H2. The van der Waals surface area contributed by atoms with E-state index in [-0.39, 0.29) is 23.3 Å². The topological polar surface area (TPSA) is 53.1 Å². The number of hydrogen-bond donors (Lipinski definition) is 0. The third-order valence-corrected chi connectivity index (χ3v) is 6.54. The van der Waals surface area contributed by atoms with Crippen LogP contribution in [0.3, 0.4) is 0 Å². The van der Waals surface area contributed by atoms with E-state index in [1.54, 1.807) is 24.5 Å². The summed E-state index contributed by atoms with van der Waals surface area (Å²) in [4.78, 5) is 9.18. The van der Waals surface area contributed by atoms with Crippen LogP contribution in [0.25, 0.3) is 39.4 Å². The number of aromatic nitrogens is 3. The van der Waals surface area contributed by atoms with Crippen molar-refractivity contribution in [2.75, 3.05) is 6.61 Å². The second kappa shape index (κ2) is 8.56. The maximum Gasteiger partial charge on any atom is 0.229 e. The van der Waals surface area contributed by atoms with Crippen LogP contribution in [0.4, 0.5) is 8.78 Å². The number of ether oxygens (including phenoxy) is 1. The Bertz CT molecular complexity index is 1410. The lowest BCUT2D eigenvalue weighted by Crippen LogP contribution is -2.15. The van der Waals surface area contributed by atoms with Gasteiger partial charge in [0, 0.05) is 17.7 Å². The fourth-order valence-electron chi connectivity index (χ4n) is 4.87. The van der Waals surface area contributed by atoms with Crippen molar-refractivity contribution in [2.24, 2.45) is 0 Å². The number of oxazole rings is 1. The molecule has 0 amide bonds. The molecule has 0 radical (unpaired) electrons. The first-order valence-corrected chi connectivity index (χ1v) is 11.6. The van der Waals surface area contributed by atoms with Gasteiger partial charge in [0.15, 0.2) is 5.76 Å². The fourth-order valence-corrected chi connectivity index (χ4v) is 4.87. The monoisotopic (exact) mass is 459 g/mol. The smallest absolute Gasteiger partial charge is 0.229 e. The van der Waals surface area contributed by atoms with Gasteiger partial charge in [-0.15, -0.1) is 0 Å². The van der Waals surface area contributed by atoms with Crippen LogP contribution >= 0.6 is 0 Å². The highest BCUT2D eigenvalue weighted by Crippen LogP contribution is 2.37. The largest absolute Gasteiger partial charge is 0.496 e. The molecular weight excluding hydrogens is 436 g/mol. The lowest BCUT2D eigenvalue weighted by atomic mass is 9.94. The Morgan fingerprint density at radius 1 is 1.00 bits per heavy atom. The van der Waals surface area contributed by atoms with Crippen LogP contribution in [-0.2, 0) is 4.74 Å². The van der Waals surface area contributed by atoms with Crippen molar-refractivity contribution in [3.05, 3.63) is 78.5 Å². The van der Waals surface area contributed by atoms with Gasteiger partial charge >= 0.3 is 0 Å². The van der Waals surface area contributed by atoms with Crippen LogP contribution < -0.4 is 0 Å². The molecule has 34 heavy (non-hydrogen) atoms. The molecule has 3 heterocycles. The summed E-state index contributed by atoms with van der Waals surface area (Å²) >= 11 is 0. The Morgan fingerprint density at radius 3 is 2.59 bits per heavy atom. The summed E-state index contributed by atoms with van der Waals surface area (Å²) in [5.41, 5.74) is 3.23. The molecule has 1 aliphatic carbocycles. The van der Waals surface area contributed by atoms with Gasteiger partial charge in [-0.3, -0.25) is 0 Å². The molecule has 7 heteroatoms.